The molecule has 0 spiro atoms. The van der Waals surface area contributed by atoms with Crippen molar-refractivity contribution in [2.45, 2.75) is 64.5 Å². The van der Waals surface area contributed by atoms with Gasteiger partial charge in [-0.05, 0) is 13.0 Å². The number of nitrogens with one attached hydrogen (secondary N) is 1. The van der Waals surface area contributed by atoms with E-state index in [0.717, 1.165) is 6.54 Å². The Morgan fingerprint density at radius 1 is 0.933 bits per heavy atom. The molecule has 0 rings (SSSR count). The minimum absolute atomic E-state index is 0.0189. The summed E-state index contributed by atoms with van der Waals surface area (Å²) in [7, 11) is 0. The van der Waals surface area contributed by atoms with Gasteiger partial charge in [-0.1, -0.05) is 51.9 Å². The van der Waals surface area contributed by atoms with Crippen LogP contribution in [0.5, 0.6) is 0 Å². The molecule has 0 aromatic heterocycles. The molecule has 0 bridgehead atoms. The minimum atomic E-state index is -0.0189. The van der Waals surface area contributed by atoms with E-state index >= 15 is 0 Å². The molecule has 5 N–H and O–H groups in total. The molecule has 0 radical (unpaired) electrons. The average Bonchev–Trinajstić information content (AvgIpc) is 2.26. The fraction of sp³-hybridized carbons (Fsp3) is 1.00. The fourth-order valence-electron chi connectivity index (χ4n) is 1.63. The zero-order valence-electron chi connectivity index (χ0n) is 10.3. The molecular formula is C12H29N3. The van der Waals surface area contributed by atoms with Crippen molar-refractivity contribution < 1.29 is 0 Å². The van der Waals surface area contributed by atoms with Crippen molar-refractivity contribution in [1.29, 1.82) is 0 Å². The molecule has 0 amide bonds. The van der Waals surface area contributed by atoms with Gasteiger partial charge < -0.3 is 16.8 Å². The van der Waals surface area contributed by atoms with Gasteiger partial charge in [0.2, 0.25) is 0 Å². The molecule has 3 nitrogen and oxygen atoms in total. The van der Waals surface area contributed by atoms with Crippen LogP contribution in [0.25, 0.3) is 0 Å². The van der Waals surface area contributed by atoms with Crippen LogP contribution in [-0.2, 0) is 0 Å². The minimum Gasteiger partial charge on any atom is -0.328 e. The van der Waals surface area contributed by atoms with E-state index in [9.17, 15) is 0 Å². The summed E-state index contributed by atoms with van der Waals surface area (Å²) in [6, 6.07) is 0. The monoisotopic (exact) mass is 215 g/mol. The second kappa shape index (κ2) is 12.0. The van der Waals surface area contributed by atoms with Crippen LogP contribution >= 0.6 is 0 Å². The standard InChI is InChI=1S/C12H29N3/c1-2-3-4-5-6-7-8-9-10-15-12(14)11-13/h12,15H,2-11,13-14H2,1H3. The van der Waals surface area contributed by atoms with Gasteiger partial charge in [-0.3, -0.25) is 0 Å². The van der Waals surface area contributed by atoms with Crippen molar-refractivity contribution in [3.05, 3.63) is 0 Å². The first-order chi connectivity index (χ1) is 7.31. The maximum absolute atomic E-state index is 5.63. The molecule has 1 unspecified atom stereocenters. The SMILES string of the molecule is CCCCCCCCCCNC(N)CN. The molecule has 0 heterocycles. The van der Waals surface area contributed by atoms with Gasteiger partial charge in [-0.25, -0.2) is 0 Å². The second-order valence-corrected chi connectivity index (χ2v) is 4.27. The largest absolute Gasteiger partial charge is 0.328 e. The van der Waals surface area contributed by atoms with Crippen molar-refractivity contribution >= 4 is 0 Å². The summed E-state index contributed by atoms with van der Waals surface area (Å²) in [6.07, 6.45) is 10.8. The molecule has 0 aromatic rings. The van der Waals surface area contributed by atoms with Crippen LogP contribution in [-0.4, -0.2) is 19.3 Å². The number of nitrogens with two attached hydrogens (primary N) is 2. The summed E-state index contributed by atoms with van der Waals surface area (Å²) < 4.78 is 0. The van der Waals surface area contributed by atoms with E-state index in [4.69, 9.17) is 11.5 Å². The summed E-state index contributed by atoms with van der Waals surface area (Å²) in [5.74, 6) is 0. The third-order valence-corrected chi connectivity index (χ3v) is 2.69. The molecular weight excluding hydrogens is 186 g/mol. The Morgan fingerprint density at radius 2 is 1.47 bits per heavy atom. The quantitative estimate of drug-likeness (QED) is 0.365. The highest BCUT2D eigenvalue weighted by Crippen LogP contribution is 2.07. The second-order valence-electron chi connectivity index (χ2n) is 4.27. The molecule has 0 saturated carbocycles. The summed E-state index contributed by atoms with van der Waals surface area (Å²) in [4.78, 5) is 0. The average molecular weight is 215 g/mol. The molecule has 15 heavy (non-hydrogen) atoms. The molecule has 0 saturated heterocycles. The Balaban J connectivity index is 2.92. The molecule has 0 aliphatic carbocycles. The van der Waals surface area contributed by atoms with Crippen LogP contribution in [0.3, 0.4) is 0 Å². The van der Waals surface area contributed by atoms with Crippen molar-refractivity contribution in [3.63, 3.8) is 0 Å². The molecule has 92 valence electrons. The van der Waals surface area contributed by atoms with Gasteiger partial charge in [0.05, 0.1) is 6.17 Å². The molecule has 0 aliphatic rings. The van der Waals surface area contributed by atoms with Crippen LogP contribution in [0, 0.1) is 0 Å². The lowest BCUT2D eigenvalue weighted by Crippen LogP contribution is -2.43. The van der Waals surface area contributed by atoms with E-state index < -0.39 is 0 Å². The molecule has 1 atom stereocenters. The Kier molecular flexibility index (Phi) is 11.9. The lowest BCUT2D eigenvalue weighted by molar-refractivity contribution is 0.502. The molecule has 0 aliphatic heterocycles. The van der Waals surface area contributed by atoms with E-state index in [1.165, 1.54) is 51.4 Å². The first kappa shape index (κ1) is 14.9. The summed E-state index contributed by atoms with van der Waals surface area (Å²) in [5, 5.41) is 3.20. The Hall–Kier alpha value is -0.120. The third-order valence-electron chi connectivity index (χ3n) is 2.69. The third kappa shape index (κ3) is 11.8. The van der Waals surface area contributed by atoms with E-state index in [-0.39, 0.29) is 6.17 Å². The topological polar surface area (TPSA) is 64.1 Å². The van der Waals surface area contributed by atoms with Gasteiger partial charge in [0.15, 0.2) is 0 Å². The van der Waals surface area contributed by atoms with Crippen molar-refractivity contribution in [1.82, 2.24) is 5.32 Å². The lowest BCUT2D eigenvalue weighted by Gasteiger charge is -2.10. The van der Waals surface area contributed by atoms with Crippen molar-refractivity contribution in [3.8, 4) is 0 Å². The zero-order valence-corrected chi connectivity index (χ0v) is 10.3. The number of hydrogen-bond acceptors (Lipinski definition) is 3. The number of hydrogen-bond donors (Lipinski definition) is 3. The number of unbranched alkanes of at least 4 members (excludes halogenated alkanes) is 7. The van der Waals surface area contributed by atoms with Gasteiger partial charge in [0.1, 0.15) is 0 Å². The van der Waals surface area contributed by atoms with Gasteiger partial charge in [-0.2, -0.15) is 0 Å². The Bertz CT molecular complexity index is 117. The normalized spacial score (nSPS) is 13.0. The van der Waals surface area contributed by atoms with Gasteiger partial charge in [0, 0.05) is 6.54 Å². The molecule has 0 fully saturated rings. The smallest absolute Gasteiger partial charge is 0.0672 e. The first-order valence-corrected chi connectivity index (χ1v) is 6.50. The highest BCUT2D eigenvalue weighted by molar-refractivity contribution is 4.58. The number of rotatable bonds is 11. The highest BCUT2D eigenvalue weighted by atomic mass is 15.0. The maximum Gasteiger partial charge on any atom is 0.0672 e. The first-order valence-electron chi connectivity index (χ1n) is 6.50. The van der Waals surface area contributed by atoms with Crippen LogP contribution in [0.1, 0.15) is 58.3 Å². The van der Waals surface area contributed by atoms with E-state index in [1.54, 1.807) is 0 Å². The lowest BCUT2D eigenvalue weighted by atomic mass is 10.1. The van der Waals surface area contributed by atoms with E-state index in [0.29, 0.717) is 6.54 Å². The van der Waals surface area contributed by atoms with Crippen LogP contribution in [0.4, 0.5) is 0 Å². The van der Waals surface area contributed by atoms with Crippen LogP contribution in [0.15, 0.2) is 0 Å². The van der Waals surface area contributed by atoms with Gasteiger partial charge in [0.25, 0.3) is 0 Å². The van der Waals surface area contributed by atoms with Crippen molar-refractivity contribution in [2.75, 3.05) is 13.1 Å². The Morgan fingerprint density at radius 3 is 2.00 bits per heavy atom. The van der Waals surface area contributed by atoms with Gasteiger partial charge >= 0.3 is 0 Å². The maximum atomic E-state index is 5.63. The summed E-state index contributed by atoms with van der Waals surface area (Å²) in [5.41, 5.74) is 11.0. The summed E-state index contributed by atoms with van der Waals surface area (Å²) >= 11 is 0. The van der Waals surface area contributed by atoms with Gasteiger partial charge in [-0.15, -0.1) is 0 Å². The van der Waals surface area contributed by atoms with E-state index in [2.05, 4.69) is 12.2 Å². The van der Waals surface area contributed by atoms with E-state index in [1.807, 2.05) is 0 Å². The fourth-order valence-corrected chi connectivity index (χ4v) is 1.63. The predicted octanol–water partition coefficient (Wildman–Crippen LogP) is 1.96. The highest BCUT2D eigenvalue weighted by Gasteiger charge is 1.96. The Labute approximate surface area is 95.0 Å². The molecule has 0 aromatic carbocycles. The predicted molar refractivity (Wildman–Crippen MR) is 67.6 cm³/mol. The zero-order chi connectivity index (χ0) is 11.4. The summed E-state index contributed by atoms with van der Waals surface area (Å²) in [6.45, 7) is 3.79. The van der Waals surface area contributed by atoms with Crippen LogP contribution in [0.2, 0.25) is 0 Å². The van der Waals surface area contributed by atoms with Crippen molar-refractivity contribution in [2.24, 2.45) is 11.5 Å². The molecule has 3 heteroatoms. The van der Waals surface area contributed by atoms with Crippen LogP contribution < -0.4 is 16.8 Å².